The van der Waals surface area contributed by atoms with Gasteiger partial charge in [-0.1, -0.05) is 26.0 Å². The molecule has 0 bridgehead atoms. The Labute approximate surface area is 120 Å². The minimum absolute atomic E-state index is 0.124. The van der Waals surface area contributed by atoms with E-state index in [2.05, 4.69) is 24.1 Å². The van der Waals surface area contributed by atoms with Gasteiger partial charge in [-0.15, -0.1) is 0 Å². The molecular formula is C16H23FN2O. The number of benzene rings is 1. The van der Waals surface area contributed by atoms with Crippen LogP contribution < -0.4 is 5.32 Å². The first-order valence-electron chi connectivity index (χ1n) is 7.31. The number of anilines is 1. The van der Waals surface area contributed by atoms with Crippen LogP contribution in [-0.2, 0) is 4.79 Å². The SMILES string of the molecule is CC1CC(C)CN(CCC(=O)Nc2ccccc2F)C1. The second-order valence-electron chi connectivity index (χ2n) is 5.98. The minimum Gasteiger partial charge on any atom is -0.324 e. The maximum absolute atomic E-state index is 13.4. The summed E-state index contributed by atoms with van der Waals surface area (Å²) >= 11 is 0. The zero-order valence-electron chi connectivity index (χ0n) is 12.2. The predicted octanol–water partition coefficient (Wildman–Crippen LogP) is 3.13. The normalized spacial score (nSPS) is 23.6. The van der Waals surface area contributed by atoms with Gasteiger partial charge in [-0.3, -0.25) is 4.79 Å². The van der Waals surface area contributed by atoms with Gasteiger partial charge in [0.05, 0.1) is 5.69 Å². The molecule has 4 heteroatoms. The number of rotatable bonds is 4. The molecule has 1 fully saturated rings. The lowest BCUT2D eigenvalue weighted by atomic mass is 9.92. The smallest absolute Gasteiger partial charge is 0.225 e. The highest BCUT2D eigenvalue weighted by Gasteiger charge is 2.21. The lowest BCUT2D eigenvalue weighted by Gasteiger charge is -2.34. The summed E-state index contributed by atoms with van der Waals surface area (Å²) in [6.07, 6.45) is 1.67. The first kappa shape index (κ1) is 15.0. The largest absolute Gasteiger partial charge is 0.324 e. The van der Waals surface area contributed by atoms with Gasteiger partial charge in [-0.05, 0) is 30.4 Å². The molecular weight excluding hydrogens is 255 g/mol. The van der Waals surface area contributed by atoms with Gasteiger partial charge < -0.3 is 10.2 Å². The molecule has 110 valence electrons. The van der Waals surface area contributed by atoms with Crippen LogP contribution in [0.15, 0.2) is 24.3 Å². The standard InChI is InChI=1S/C16H23FN2O/c1-12-9-13(2)11-19(10-12)8-7-16(20)18-15-6-4-3-5-14(15)17/h3-6,12-13H,7-11H2,1-2H3,(H,18,20). The monoisotopic (exact) mass is 278 g/mol. The van der Waals surface area contributed by atoms with Crippen molar-refractivity contribution in [2.75, 3.05) is 25.0 Å². The highest BCUT2D eigenvalue weighted by Crippen LogP contribution is 2.21. The van der Waals surface area contributed by atoms with E-state index in [-0.39, 0.29) is 17.4 Å². The van der Waals surface area contributed by atoms with E-state index in [4.69, 9.17) is 0 Å². The zero-order chi connectivity index (χ0) is 14.5. The zero-order valence-corrected chi connectivity index (χ0v) is 12.2. The molecule has 0 radical (unpaired) electrons. The molecule has 1 heterocycles. The Morgan fingerprint density at radius 1 is 1.30 bits per heavy atom. The van der Waals surface area contributed by atoms with E-state index in [1.807, 2.05) is 0 Å². The molecule has 2 rings (SSSR count). The fourth-order valence-electron chi connectivity index (χ4n) is 3.01. The number of nitrogens with one attached hydrogen (secondary N) is 1. The van der Waals surface area contributed by atoms with E-state index in [1.165, 1.54) is 12.5 Å². The molecule has 1 aliphatic rings. The van der Waals surface area contributed by atoms with Crippen molar-refractivity contribution >= 4 is 11.6 Å². The third kappa shape index (κ3) is 4.30. The van der Waals surface area contributed by atoms with Crippen molar-refractivity contribution in [2.24, 2.45) is 11.8 Å². The molecule has 0 saturated carbocycles. The number of amides is 1. The Morgan fingerprint density at radius 2 is 1.95 bits per heavy atom. The van der Waals surface area contributed by atoms with Crippen molar-refractivity contribution in [3.63, 3.8) is 0 Å². The Balaban J connectivity index is 1.79. The van der Waals surface area contributed by atoms with Gasteiger partial charge in [0.2, 0.25) is 5.91 Å². The van der Waals surface area contributed by atoms with Gasteiger partial charge in [0, 0.05) is 26.1 Å². The van der Waals surface area contributed by atoms with Crippen LogP contribution >= 0.6 is 0 Å². The number of hydrogen-bond donors (Lipinski definition) is 1. The van der Waals surface area contributed by atoms with E-state index in [0.717, 1.165) is 19.6 Å². The summed E-state index contributed by atoms with van der Waals surface area (Å²) in [6, 6.07) is 6.26. The van der Waals surface area contributed by atoms with Crippen LogP contribution in [-0.4, -0.2) is 30.4 Å². The van der Waals surface area contributed by atoms with Crippen LogP contribution in [0.2, 0.25) is 0 Å². The number of piperidine rings is 1. The Hall–Kier alpha value is -1.42. The fraction of sp³-hybridized carbons (Fsp3) is 0.562. The number of hydrogen-bond acceptors (Lipinski definition) is 2. The van der Waals surface area contributed by atoms with Crippen LogP contribution in [0.5, 0.6) is 0 Å². The maximum atomic E-state index is 13.4. The van der Waals surface area contributed by atoms with Crippen molar-refractivity contribution < 1.29 is 9.18 Å². The van der Waals surface area contributed by atoms with Crippen LogP contribution in [0.1, 0.15) is 26.7 Å². The van der Waals surface area contributed by atoms with E-state index < -0.39 is 0 Å². The quantitative estimate of drug-likeness (QED) is 0.917. The van der Waals surface area contributed by atoms with E-state index >= 15 is 0 Å². The number of nitrogens with zero attached hydrogens (tertiary/aromatic N) is 1. The highest BCUT2D eigenvalue weighted by atomic mass is 19.1. The van der Waals surface area contributed by atoms with Gasteiger partial charge in [0.1, 0.15) is 5.82 Å². The first-order chi connectivity index (χ1) is 9.54. The third-order valence-corrected chi connectivity index (χ3v) is 3.75. The Kier molecular flexibility index (Phi) is 5.12. The molecule has 1 amide bonds. The molecule has 0 aliphatic carbocycles. The fourth-order valence-corrected chi connectivity index (χ4v) is 3.01. The molecule has 2 unspecified atom stereocenters. The summed E-state index contributed by atoms with van der Waals surface area (Å²) in [5, 5.41) is 2.63. The predicted molar refractivity (Wildman–Crippen MR) is 79.0 cm³/mol. The van der Waals surface area contributed by atoms with Crippen molar-refractivity contribution in [1.29, 1.82) is 0 Å². The topological polar surface area (TPSA) is 32.3 Å². The van der Waals surface area contributed by atoms with Gasteiger partial charge in [0.25, 0.3) is 0 Å². The van der Waals surface area contributed by atoms with E-state index in [9.17, 15) is 9.18 Å². The van der Waals surface area contributed by atoms with Crippen molar-refractivity contribution in [1.82, 2.24) is 4.90 Å². The molecule has 3 nitrogen and oxygen atoms in total. The second-order valence-corrected chi connectivity index (χ2v) is 5.98. The average molecular weight is 278 g/mol. The molecule has 2 atom stereocenters. The average Bonchev–Trinajstić information content (AvgIpc) is 2.38. The molecule has 1 saturated heterocycles. The summed E-state index contributed by atoms with van der Waals surface area (Å²) in [7, 11) is 0. The van der Waals surface area contributed by atoms with Crippen LogP contribution in [0.4, 0.5) is 10.1 Å². The molecule has 0 spiro atoms. The van der Waals surface area contributed by atoms with Crippen LogP contribution in [0.3, 0.4) is 0 Å². The lowest BCUT2D eigenvalue weighted by Crippen LogP contribution is -2.40. The number of carbonyl (C=O) groups excluding carboxylic acids is 1. The number of para-hydroxylation sites is 1. The molecule has 0 aromatic heterocycles. The van der Waals surface area contributed by atoms with E-state index in [0.29, 0.717) is 18.3 Å². The molecule has 1 aliphatic heterocycles. The van der Waals surface area contributed by atoms with Gasteiger partial charge >= 0.3 is 0 Å². The molecule has 1 aromatic rings. The molecule has 20 heavy (non-hydrogen) atoms. The summed E-state index contributed by atoms with van der Waals surface area (Å²) in [5.74, 6) is 0.865. The first-order valence-corrected chi connectivity index (χ1v) is 7.31. The van der Waals surface area contributed by atoms with Crippen molar-refractivity contribution in [3.8, 4) is 0 Å². The Bertz CT molecular complexity index is 454. The summed E-state index contributed by atoms with van der Waals surface area (Å²) in [6.45, 7) is 7.35. The number of halogens is 1. The molecule has 1 aromatic carbocycles. The summed E-state index contributed by atoms with van der Waals surface area (Å²) in [5.41, 5.74) is 0.262. The third-order valence-electron chi connectivity index (χ3n) is 3.75. The van der Waals surface area contributed by atoms with Crippen molar-refractivity contribution in [2.45, 2.75) is 26.7 Å². The Morgan fingerprint density at radius 3 is 2.60 bits per heavy atom. The molecule has 1 N–H and O–H groups in total. The highest BCUT2D eigenvalue weighted by molar-refractivity contribution is 5.90. The van der Waals surface area contributed by atoms with Gasteiger partial charge in [0.15, 0.2) is 0 Å². The van der Waals surface area contributed by atoms with Crippen LogP contribution in [0.25, 0.3) is 0 Å². The number of carbonyl (C=O) groups is 1. The van der Waals surface area contributed by atoms with Gasteiger partial charge in [-0.2, -0.15) is 0 Å². The second kappa shape index (κ2) is 6.84. The van der Waals surface area contributed by atoms with Crippen molar-refractivity contribution in [3.05, 3.63) is 30.1 Å². The summed E-state index contributed by atoms with van der Waals surface area (Å²) in [4.78, 5) is 14.2. The van der Waals surface area contributed by atoms with Crippen LogP contribution in [0, 0.1) is 17.7 Å². The minimum atomic E-state index is -0.388. The summed E-state index contributed by atoms with van der Waals surface area (Å²) < 4.78 is 13.4. The maximum Gasteiger partial charge on any atom is 0.225 e. The van der Waals surface area contributed by atoms with E-state index in [1.54, 1.807) is 18.2 Å². The lowest BCUT2D eigenvalue weighted by molar-refractivity contribution is -0.116. The van der Waals surface area contributed by atoms with Gasteiger partial charge in [-0.25, -0.2) is 4.39 Å². The number of likely N-dealkylation sites (tertiary alicyclic amines) is 1.